The zero-order valence-corrected chi connectivity index (χ0v) is 17.9. The number of nitrogens with one attached hydrogen (secondary N) is 1. The Morgan fingerprint density at radius 3 is 2.42 bits per heavy atom. The summed E-state index contributed by atoms with van der Waals surface area (Å²) in [6.45, 7) is 2.91. The molecule has 0 atom stereocenters. The predicted octanol–water partition coefficient (Wildman–Crippen LogP) is 5.56. The highest BCUT2D eigenvalue weighted by atomic mass is 32.2. The molecule has 1 heterocycles. The topological polar surface area (TPSA) is 59.9 Å². The first-order valence-corrected chi connectivity index (χ1v) is 10.8. The van der Waals surface area contributed by atoms with Crippen LogP contribution >= 0.6 is 11.8 Å². The van der Waals surface area contributed by atoms with Gasteiger partial charge in [0.2, 0.25) is 0 Å². The Morgan fingerprint density at radius 1 is 0.935 bits per heavy atom. The molecule has 1 saturated heterocycles. The molecule has 0 aliphatic carbocycles. The highest BCUT2D eigenvalue weighted by Gasteiger charge is 2.24. The zero-order valence-electron chi connectivity index (χ0n) is 17.1. The van der Waals surface area contributed by atoms with Crippen molar-refractivity contribution >= 4 is 34.6 Å². The third-order valence-electron chi connectivity index (χ3n) is 4.44. The quantitative estimate of drug-likeness (QED) is 0.499. The van der Waals surface area contributed by atoms with Gasteiger partial charge < -0.3 is 14.8 Å². The van der Waals surface area contributed by atoms with Gasteiger partial charge in [0.25, 0.3) is 5.91 Å². The fraction of sp³-hybridized carbons (Fsp3) is 0.120. The molecule has 0 bridgehead atoms. The number of hydrogen-bond acceptors (Lipinski definition) is 5. The lowest BCUT2D eigenvalue weighted by Gasteiger charge is -2.13. The predicted molar refractivity (Wildman–Crippen MR) is 126 cm³/mol. The van der Waals surface area contributed by atoms with E-state index in [-0.39, 0.29) is 5.91 Å². The molecule has 1 aliphatic heterocycles. The van der Waals surface area contributed by atoms with Gasteiger partial charge in [-0.3, -0.25) is 4.79 Å². The largest absolute Gasteiger partial charge is 0.490 e. The van der Waals surface area contributed by atoms with E-state index in [0.717, 1.165) is 16.8 Å². The van der Waals surface area contributed by atoms with Crippen molar-refractivity contribution in [1.82, 2.24) is 5.32 Å². The number of hydrogen-bond donors (Lipinski definition) is 1. The van der Waals surface area contributed by atoms with Gasteiger partial charge in [0, 0.05) is 0 Å². The normalized spacial score (nSPS) is 15.8. The minimum atomic E-state index is -0.165. The monoisotopic (exact) mass is 430 g/mol. The summed E-state index contributed by atoms with van der Waals surface area (Å²) < 4.78 is 11.7. The fourth-order valence-electron chi connectivity index (χ4n) is 2.99. The smallest absolute Gasteiger partial charge is 0.264 e. The molecule has 1 aliphatic rings. The second kappa shape index (κ2) is 10.00. The maximum absolute atomic E-state index is 12.4. The van der Waals surface area contributed by atoms with Gasteiger partial charge in [-0.25, -0.2) is 4.99 Å². The summed E-state index contributed by atoms with van der Waals surface area (Å²) in [6, 6.07) is 25.2. The Morgan fingerprint density at radius 2 is 1.68 bits per heavy atom. The van der Waals surface area contributed by atoms with Crippen molar-refractivity contribution in [1.29, 1.82) is 0 Å². The lowest BCUT2D eigenvalue weighted by atomic mass is 10.2. The van der Waals surface area contributed by atoms with Gasteiger partial charge in [-0.15, -0.1) is 0 Å². The summed E-state index contributed by atoms with van der Waals surface area (Å²) in [7, 11) is 0. The first-order valence-electron chi connectivity index (χ1n) is 9.99. The number of nitrogens with zero attached hydrogens (tertiary/aromatic N) is 1. The minimum absolute atomic E-state index is 0.165. The van der Waals surface area contributed by atoms with E-state index >= 15 is 0 Å². The molecule has 0 aromatic heterocycles. The van der Waals surface area contributed by atoms with E-state index in [4.69, 9.17) is 9.47 Å². The number of carbonyl (C=O) groups is 1. The number of carbonyl (C=O) groups excluding carboxylic acids is 1. The van der Waals surface area contributed by atoms with Crippen LogP contribution in [-0.4, -0.2) is 17.7 Å². The summed E-state index contributed by atoms with van der Waals surface area (Å²) in [5, 5.41) is 3.38. The molecular formula is C25H22N2O3S. The number of rotatable bonds is 7. The summed E-state index contributed by atoms with van der Waals surface area (Å²) >= 11 is 1.32. The van der Waals surface area contributed by atoms with Crippen LogP contribution in [0, 0.1) is 0 Å². The molecule has 1 amide bonds. The first kappa shape index (κ1) is 20.8. The maximum atomic E-state index is 12.4. The van der Waals surface area contributed by atoms with Crippen molar-refractivity contribution in [2.45, 2.75) is 13.5 Å². The third-order valence-corrected chi connectivity index (χ3v) is 5.35. The van der Waals surface area contributed by atoms with Crippen LogP contribution in [0.4, 0.5) is 5.69 Å². The lowest BCUT2D eigenvalue weighted by Crippen LogP contribution is -2.19. The van der Waals surface area contributed by atoms with E-state index < -0.39 is 0 Å². The molecule has 0 spiro atoms. The van der Waals surface area contributed by atoms with E-state index in [1.165, 1.54) is 11.8 Å². The van der Waals surface area contributed by atoms with Crippen LogP contribution in [0.5, 0.6) is 11.5 Å². The number of para-hydroxylation sites is 1. The molecular weight excluding hydrogens is 408 g/mol. The van der Waals surface area contributed by atoms with Crippen LogP contribution in [0.1, 0.15) is 18.1 Å². The minimum Gasteiger partial charge on any atom is -0.490 e. The van der Waals surface area contributed by atoms with Gasteiger partial charge in [-0.2, -0.15) is 0 Å². The lowest BCUT2D eigenvalue weighted by molar-refractivity contribution is -0.115. The highest BCUT2D eigenvalue weighted by molar-refractivity contribution is 8.18. The Hall–Kier alpha value is -3.51. The number of ether oxygens (including phenoxy) is 2. The number of aliphatic imine (C=N–C) groups is 1. The summed E-state index contributed by atoms with van der Waals surface area (Å²) in [6.07, 6.45) is 1.83. The van der Waals surface area contributed by atoms with Crippen LogP contribution in [0.2, 0.25) is 0 Å². The van der Waals surface area contributed by atoms with Crippen molar-refractivity contribution in [2.75, 3.05) is 6.61 Å². The standard InChI is InChI=1S/C25H22N2O3S/c1-2-29-22-15-19(13-14-21(22)30-17-18-9-5-3-6-10-18)16-23-24(28)27-25(31-23)26-20-11-7-4-8-12-20/h3-16H,2,17H2,1H3,(H,26,27,28)/b23-16+. The Kier molecular flexibility index (Phi) is 6.69. The molecule has 5 nitrogen and oxygen atoms in total. The van der Waals surface area contributed by atoms with Crippen molar-refractivity contribution in [3.8, 4) is 11.5 Å². The van der Waals surface area contributed by atoms with Gasteiger partial charge in [-0.1, -0.05) is 54.6 Å². The van der Waals surface area contributed by atoms with Gasteiger partial charge >= 0.3 is 0 Å². The van der Waals surface area contributed by atoms with Crippen molar-refractivity contribution < 1.29 is 14.3 Å². The molecule has 1 N–H and O–H groups in total. The number of amides is 1. The van der Waals surface area contributed by atoms with E-state index in [2.05, 4.69) is 10.3 Å². The maximum Gasteiger partial charge on any atom is 0.264 e. The molecule has 0 radical (unpaired) electrons. The Bertz CT molecular complexity index is 1110. The van der Waals surface area contributed by atoms with Crippen molar-refractivity contribution in [3.63, 3.8) is 0 Å². The van der Waals surface area contributed by atoms with Gasteiger partial charge in [0.1, 0.15) is 6.61 Å². The van der Waals surface area contributed by atoms with Crippen molar-refractivity contribution in [3.05, 3.63) is 94.9 Å². The number of benzene rings is 3. The Labute approximate surface area is 185 Å². The molecule has 1 fully saturated rings. The molecule has 6 heteroatoms. The highest BCUT2D eigenvalue weighted by Crippen LogP contribution is 2.33. The van der Waals surface area contributed by atoms with E-state index in [9.17, 15) is 4.79 Å². The summed E-state index contributed by atoms with van der Waals surface area (Å²) in [5.41, 5.74) is 2.74. The molecule has 3 aromatic carbocycles. The average Bonchev–Trinajstić information content (AvgIpc) is 3.13. The van der Waals surface area contributed by atoms with Crippen LogP contribution in [0.3, 0.4) is 0 Å². The van der Waals surface area contributed by atoms with Crippen LogP contribution < -0.4 is 14.8 Å². The second-order valence-electron chi connectivity index (χ2n) is 6.73. The number of thioether (sulfide) groups is 1. The zero-order chi connectivity index (χ0) is 21.5. The summed E-state index contributed by atoms with van der Waals surface area (Å²) in [5.74, 6) is 1.15. The van der Waals surface area contributed by atoms with Gasteiger partial charge in [0.15, 0.2) is 16.7 Å². The van der Waals surface area contributed by atoms with E-state index in [1.807, 2.05) is 91.9 Å². The SMILES string of the molecule is CCOc1cc(/C=C2/SC(=Nc3ccccc3)NC2=O)ccc1OCc1ccccc1. The molecule has 3 aromatic rings. The molecule has 31 heavy (non-hydrogen) atoms. The Balaban J connectivity index is 1.51. The summed E-state index contributed by atoms with van der Waals surface area (Å²) in [4.78, 5) is 17.4. The van der Waals surface area contributed by atoms with Crippen molar-refractivity contribution in [2.24, 2.45) is 4.99 Å². The molecule has 156 valence electrons. The van der Waals surface area contributed by atoms with Crippen LogP contribution in [0.25, 0.3) is 6.08 Å². The van der Waals surface area contributed by atoms with Crippen LogP contribution in [0.15, 0.2) is 88.8 Å². The van der Waals surface area contributed by atoms with Gasteiger partial charge in [-0.05, 0) is 60.2 Å². The molecule has 0 unspecified atom stereocenters. The van der Waals surface area contributed by atoms with Gasteiger partial charge in [0.05, 0.1) is 17.2 Å². The molecule has 0 saturated carbocycles. The first-order chi connectivity index (χ1) is 15.2. The van der Waals surface area contributed by atoms with E-state index in [0.29, 0.717) is 34.8 Å². The number of amidine groups is 1. The molecule has 4 rings (SSSR count). The fourth-order valence-corrected chi connectivity index (χ4v) is 3.83. The van der Waals surface area contributed by atoms with E-state index in [1.54, 1.807) is 0 Å². The van der Waals surface area contributed by atoms with Crippen LogP contribution in [-0.2, 0) is 11.4 Å². The second-order valence-corrected chi connectivity index (χ2v) is 7.76. The average molecular weight is 431 g/mol. The third kappa shape index (κ3) is 5.55.